The smallest absolute Gasteiger partial charge is 0.187 e. The lowest BCUT2D eigenvalue weighted by atomic mass is 10.1. The number of hydrogen-bond acceptors (Lipinski definition) is 4. The van der Waals surface area contributed by atoms with Crippen molar-refractivity contribution in [2.75, 3.05) is 0 Å². The molecule has 1 aromatic carbocycles. The van der Waals surface area contributed by atoms with E-state index in [0.29, 0.717) is 0 Å². The molecule has 0 atom stereocenters. The number of hydrogen-bond donors (Lipinski definition) is 0. The van der Waals surface area contributed by atoms with Gasteiger partial charge in [-0.25, -0.2) is 0 Å². The Labute approximate surface area is 109 Å². The molecule has 0 amide bonds. The van der Waals surface area contributed by atoms with Crippen LogP contribution in [0.5, 0.6) is 0 Å². The summed E-state index contributed by atoms with van der Waals surface area (Å²) in [4.78, 5) is 0.863. The van der Waals surface area contributed by atoms with Crippen LogP contribution >= 0.6 is 11.3 Å². The lowest BCUT2D eigenvalue weighted by Crippen LogP contribution is -1.94. The van der Waals surface area contributed by atoms with E-state index in [1.165, 1.54) is 16.7 Å². The number of fused-ring (bicyclic) bond motifs is 1. The summed E-state index contributed by atoms with van der Waals surface area (Å²) >= 11 is 1.58. The Morgan fingerprint density at radius 2 is 2.06 bits per heavy atom. The summed E-state index contributed by atoms with van der Waals surface area (Å²) < 4.78 is 1.85. The molecule has 92 valence electrons. The van der Waals surface area contributed by atoms with Gasteiger partial charge in [0, 0.05) is 12.0 Å². The molecule has 0 saturated carbocycles. The zero-order valence-electron chi connectivity index (χ0n) is 10.6. The van der Waals surface area contributed by atoms with Gasteiger partial charge in [-0.2, -0.15) is 9.61 Å². The van der Waals surface area contributed by atoms with Crippen LogP contribution in [-0.4, -0.2) is 19.8 Å². The van der Waals surface area contributed by atoms with Crippen molar-refractivity contribution in [2.24, 2.45) is 0 Å². The van der Waals surface area contributed by atoms with Crippen LogP contribution in [-0.2, 0) is 6.42 Å². The van der Waals surface area contributed by atoms with E-state index in [-0.39, 0.29) is 0 Å². The Morgan fingerprint density at radius 3 is 2.78 bits per heavy atom. The van der Waals surface area contributed by atoms with Gasteiger partial charge in [-0.05, 0) is 19.4 Å². The van der Waals surface area contributed by atoms with Crippen molar-refractivity contribution in [1.29, 1.82) is 0 Å². The fraction of sp³-hybridized carbons (Fsp3) is 0.308. The number of aromatic nitrogens is 4. The molecule has 2 heterocycles. The summed E-state index contributed by atoms with van der Waals surface area (Å²) in [6.45, 7) is 6.28. The normalized spacial score (nSPS) is 11.3. The molecule has 5 heteroatoms. The van der Waals surface area contributed by atoms with Crippen molar-refractivity contribution < 1.29 is 0 Å². The van der Waals surface area contributed by atoms with Crippen LogP contribution in [0.25, 0.3) is 15.5 Å². The molecule has 2 aromatic heterocycles. The molecule has 3 aromatic rings. The van der Waals surface area contributed by atoms with Gasteiger partial charge in [0.2, 0.25) is 4.96 Å². The van der Waals surface area contributed by atoms with Gasteiger partial charge in [0.15, 0.2) is 5.82 Å². The Hall–Kier alpha value is -1.75. The van der Waals surface area contributed by atoms with E-state index in [2.05, 4.69) is 54.3 Å². The lowest BCUT2D eigenvalue weighted by Gasteiger charge is -2.02. The quantitative estimate of drug-likeness (QED) is 0.709. The predicted octanol–water partition coefficient (Wildman–Crippen LogP) is 3.03. The first-order valence-electron chi connectivity index (χ1n) is 5.97. The molecule has 0 fully saturated rings. The summed E-state index contributed by atoms with van der Waals surface area (Å²) in [5, 5.41) is 13.9. The summed E-state index contributed by atoms with van der Waals surface area (Å²) in [7, 11) is 0. The molecule has 18 heavy (non-hydrogen) atoms. The minimum absolute atomic E-state index is 0.844. The molecule has 0 radical (unpaired) electrons. The largest absolute Gasteiger partial charge is 0.234 e. The summed E-state index contributed by atoms with van der Waals surface area (Å²) in [5.41, 5.74) is 3.70. The van der Waals surface area contributed by atoms with Crippen LogP contribution in [0.2, 0.25) is 0 Å². The van der Waals surface area contributed by atoms with Gasteiger partial charge in [0.05, 0.1) is 0 Å². The van der Waals surface area contributed by atoms with Crippen LogP contribution in [0.1, 0.15) is 23.9 Å². The summed E-state index contributed by atoms with van der Waals surface area (Å²) in [6.07, 6.45) is 0.844. The molecular formula is C13H14N4S. The molecule has 0 N–H and O–H groups in total. The first kappa shape index (κ1) is 11.3. The Morgan fingerprint density at radius 1 is 1.22 bits per heavy atom. The molecule has 0 aliphatic heterocycles. The Balaban J connectivity index is 2.16. The van der Waals surface area contributed by atoms with E-state index >= 15 is 0 Å². The van der Waals surface area contributed by atoms with Crippen molar-refractivity contribution in [2.45, 2.75) is 27.2 Å². The molecular weight excluding hydrogens is 244 g/mol. The number of rotatable bonds is 2. The van der Waals surface area contributed by atoms with E-state index < -0.39 is 0 Å². The van der Waals surface area contributed by atoms with Crippen molar-refractivity contribution in [1.82, 2.24) is 19.8 Å². The minimum atomic E-state index is 0.844. The Bertz CT molecular complexity index is 711. The van der Waals surface area contributed by atoms with E-state index in [4.69, 9.17) is 0 Å². The highest BCUT2D eigenvalue weighted by Crippen LogP contribution is 2.28. The maximum atomic E-state index is 4.61. The van der Waals surface area contributed by atoms with Crippen molar-refractivity contribution in [3.8, 4) is 10.6 Å². The summed E-state index contributed by atoms with van der Waals surface area (Å²) in [6, 6.07) is 6.42. The molecule has 4 nitrogen and oxygen atoms in total. The van der Waals surface area contributed by atoms with Crippen LogP contribution in [0.4, 0.5) is 0 Å². The van der Waals surface area contributed by atoms with Crippen LogP contribution < -0.4 is 0 Å². The standard InChI is InChI=1S/C13H14N4S/c1-4-11-14-15-13-17(11)16-12(18-13)10-6-5-8(2)7-9(10)3/h5-7H,4H2,1-3H3. The molecule has 0 spiro atoms. The zero-order chi connectivity index (χ0) is 12.7. The number of aryl methyl sites for hydroxylation is 3. The average molecular weight is 258 g/mol. The van der Waals surface area contributed by atoms with Crippen molar-refractivity contribution in [3.63, 3.8) is 0 Å². The minimum Gasteiger partial charge on any atom is -0.187 e. The first-order chi connectivity index (χ1) is 8.69. The third-order valence-electron chi connectivity index (χ3n) is 2.98. The molecule has 0 aliphatic rings. The van der Waals surface area contributed by atoms with E-state index in [0.717, 1.165) is 22.2 Å². The van der Waals surface area contributed by atoms with Gasteiger partial charge in [0.1, 0.15) is 5.01 Å². The van der Waals surface area contributed by atoms with Gasteiger partial charge in [-0.1, -0.05) is 42.0 Å². The monoisotopic (exact) mass is 258 g/mol. The molecule has 0 bridgehead atoms. The van der Waals surface area contributed by atoms with E-state index in [1.54, 1.807) is 11.3 Å². The highest BCUT2D eigenvalue weighted by molar-refractivity contribution is 7.19. The van der Waals surface area contributed by atoms with Crippen LogP contribution in [0.15, 0.2) is 18.2 Å². The highest BCUT2D eigenvalue weighted by atomic mass is 32.1. The molecule has 0 saturated heterocycles. The van der Waals surface area contributed by atoms with Crippen molar-refractivity contribution in [3.05, 3.63) is 35.2 Å². The molecule has 0 aliphatic carbocycles. The van der Waals surface area contributed by atoms with Gasteiger partial charge < -0.3 is 0 Å². The third-order valence-corrected chi connectivity index (χ3v) is 3.92. The maximum absolute atomic E-state index is 4.61. The summed E-state index contributed by atoms with van der Waals surface area (Å²) in [5.74, 6) is 0.914. The van der Waals surface area contributed by atoms with E-state index in [9.17, 15) is 0 Å². The van der Waals surface area contributed by atoms with E-state index in [1.807, 2.05) is 4.52 Å². The van der Waals surface area contributed by atoms with Gasteiger partial charge >= 0.3 is 0 Å². The third kappa shape index (κ3) is 1.71. The second-order valence-electron chi connectivity index (χ2n) is 4.39. The zero-order valence-corrected chi connectivity index (χ0v) is 11.5. The highest BCUT2D eigenvalue weighted by Gasteiger charge is 2.12. The number of benzene rings is 1. The van der Waals surface area contributed by atoms with Crippen LogP contribution in [0, 0.1) is 13.8 Å². The van der Waals surface area contributed by atoms with Gasteiger partial charge in [-0.3, -0.25) is 0 Å². The van der Waals surface area contributed by atoms with Crippen LogP contribution in [0.3, 0.4) is 0 Å². The topological polar surface area (TPSA) is 43.1 Å². The average Bonchev–Trinajstić information content (AvgIpc) is 2.88. The Kier molecular flexibility index (Phi) is 2.63. The fourth-order valence-electron chi connectivity index (χ4n) is 2.04. The first-order valence-corrected chi connectivity index (χ1v) is 6.79. The fourth-order valence-corrected chi connectivity index (χ4v) is 2.99. The molecule has 0 unspecified atom stereocenters. The maximum Gasteiger partial charge on any atom is 0.234 e. The second kappa shape index (κ2) is 4.17. The SMILES string of the molecule is CCc1nnc2sc(-c3ccc(C)cc3C)nn12. The van der Waals surface area contributed by atoms with Gasteiger partial charge in [0.25, 0.3) is 0 Å². The second-order valence-corrected chi connectivity index (χ2v) is 5.35. The van der Waals surface area contributed by atoms with Crippen molar-refractivity contribution >= 4 is 16.3 Å². The lowest BCUT2D eigenvalue weighted by molar-refractivity contribution is 0.837. The van der Waals surface area contributed by atoms with Gasteiger partial charge in [-0.15, -0.1) is 10.2 Å². The number of nitrogens with zero attached hydrogens (tertiary/aromatic N) is 4. The molecule has 3 rings (SSSR count). The predicted molar refractivity (Wildman–Crippen MR) is 72.9 cm³/mol.